The number of carbonyl (C=O) groups is 2. The van der Waals surface area contributed by atoms with E-state index in [1.165, 1.54) is 0 Å². The van der Waals surface area contributed by atoms with E-state index in [1.807, 2.05) is 54.6 Å². The molecule has 1 N–H and O–H groups in total. The van der Waals surface area contributed by atoms with Gasteiger partial charge in [0.2, 0.25) is 0 Å². The summed E-state index contributed by atoms with van der Waals surface area (Å²) >= 11 is 0. The van der Waals surface area contributed by atoms with Crippen LogP contribution in [0.15, 0.2) is 91.0 Å². The zero-order valence-corrected chi connectivity index (χ0v) is 15.9. The van der Waals surface area contributed by atoms with E-state index in [4.69, 9.17) is 9.47 Å². The fourth-order valence-corrected chi connectivity index (χ4v) is 2.84. The normalized spacial score (nSPS) is 10.4. The van der Waals surface area contributed by atoms with Gasteiger partial charge in [0.05, 0.1) is 5.52 Å². The van der Waals surface area contributed by atoms with Crippen LogP contribution in [0.3, 0.4) is 0 Å². The smallest absolute Gasteiger partial charge is 0.357 e. The van der Waals surface area contributed by atoms with Crippen LogP contribution < -0.4 is 10.1 Å². The average molecular weight is 398 g/mol. The molecule has 6 heteroatoms. The maximum atomic E-state index is 12.2. The van der Waals surface area contributed by atoms with Crippen LogP contribution in [-0.4, -0.2) is 23.5 Å². The first-order valence-electron chi connectivity index (χ1n) is 9.33. The minimum Gasteiger partial charge on any atom is -0.457 e. The molecule has 1 aromatic heterocycles. The quantitative estimate of drug-likeness (QED) is 0.471. The third-order valence-electron chi connectivity index (χ3n) is 4.24. The summed E-state index contributed by atoms with van der Waals surface area (Å²) in [4.78, 5) is 28.7. The van der Waals surface area contributed by atoms with Crippen molar-refractivity contribution in [1.82, 2.24) is 4.98 Å². The topological polar surface area (TPSA) is 77.5 Å². The lowest BCUT2D eigenvalue weighted by Gasteiger charge is -2.09. The number of rotatable bonds is 6. The standard InChI is InChI=1S/C24H18N2O4/c27-23(16-29-24(28)22-14-13-17-7-4-5-12-21(17)26-22)25-18-8-6-11-20(15-18)30-19-9-2-1-3-10-19/h1-15H,16H2,(H,25,27). The van der Waals surface area contributed by atoms with Crippen molar-refractivity contribution >= 4 is 28.5 Å². The van der Waals surface area contributed by atoms with Gasteiger partial charge in [-0.3, -0.25) is 4.79 Å². The molecule has 0 saturated carbocycles. The lowest BCUT2D eigenvalue weighted by Crippen LogP contribution is -2.21. The Bertz CT molecular complexity index is 1190. The van der Waals surface area contributed by atoms with Crippen LogP contribution in [0.4, 0.5) is 5.69 Å². The van der Waals surface area contributed by atoms with E-state index >= 15 is 0 Å². The van der Waals surface area contributed by atoms with Gasteiger partial charge in [0.1, 0.15) is 17.2 Å². The summed E-state index contributed by atoms with van der Waals surface area (Å²) in [6.45, 7) is -0.420. The Balaban J connectivity index is 1.34. The summed E-state index contributed by atoms with van der Waals surface area (Å²) in [5.41, 5.74) is 1.37. The second kappa shape index (κ2) is 8.87. The van der Waals surface area contributed by atoms with Crippen LogP contribution in [0.5, 0.6) is 11.5 Å². The first kappa shape index (κ1) is 19.1. The van der Waals surface area contributed by atoms with Crippen LogP contribution in [0.2, 0.25) is 0 Å². The fraction of sp³-hybridized carbons (Fsp3) is 0.0417. The van der Waals surface area contributed by atoms with E-state index in [0.29, 0.717) is 22.7 Å². The molecule has 1 amide bonds. The Kier molecular flexibility index (Phi) is 5.66. The molecule has 6 nitrogen and oxygen atoms in total. The highest BCUT2D eigenvalue weighted by atomic mass is 16.5. The number of pyridine rings is 1. The van der Waals surface area contributed by atoms with E-state index in [-0.39, 0.29) is 5.69 Å². The maximum absolute atomic E-state index is 12.2. The van der Waals surface area contributed by atoms with Gasteiger partial charge in [0, 0.05) is 17.1 Å². The highest BCUT2D eigenvalue weighted by molar-refractivity contribution is 5.95. The fourth-order valence-electron chi connectivity index (χ4n) is 2.84. The molecule has 4 aromatic rings. The second-order valence-corrected chi connectivity index (χ2v) is 6.46. The molecule has 0 aliphatic heterocycles. The first-order chi connectivity index (χ1) is 14.7. The van der Waals surface area contributed by atoms with Crippen LogP contribution in [0.1, 0.15) is 10.5 Å². The average Bonchev–Trinajstić information content (AvgIpc) is 2.78. The summed E-state index contributed by atoms with van der Waals surface area (Å²) in [5.74, 6) is 0.159. The predicted octanol–water partition coefficient (Wildman–Crippen LogP) is 4.82. The van der Waals surface area contributed by atoms with Crippen molar-refractivity contribution in [2.45, 2.75) is 0 Å². The van der Waals surface area contributed by atoms with E-state index in [0.717, 1.165) is 5.39 Å². The number of fused-ring (bicyclic) bond motifs is 1. The summed E-state index contributed by atoms with van der Waals surface area (Å²) < 4.78 is 10.8. The van der Waals surface area contributed by atoms with Gasteiger partial charge in [-0.05, 0) is 36.4 Å². The minimum absolute atomic E-state index is 0.153. The molecule has 0 fully saturated rings. The number of esters is 1. The monoisotopic (exact) mass is 398 g/mol. The Morgan fingerprint density at radius 2 is 1.57 bits per heavy atom. The molecule has 0 bridgehead atoms. The van der Waals surface area contributed by atoms with Crippen molar-refractivity contribution in [1.29, 1.82) is 0 Å². The molecule has 4 rings (SSSR count). The third kappa shape index (κ3) is 4.80. The SMILES string of the molecule is O=C(COC(=O)c1ccc2ccccc2n1)Nc1cccc(Oc2ccccc2)c1. The van der Waals surface area contributed by atoms with Gasteiger partial charge < -0.3 is 14.8 Å². The third-order valence-corrected chi connectivity index (χ3v) is 4.24. The molecule has 148 valence electrons. The number of aromatic nitrogens is 1. The molecular formula is C24H18N2O4. The van der Waals surface area contributed by atoms with Crippen LogP contribution in [0, 0.1) is 0 Å². The van der Waals surface area contributed by atoms with Gasteiger partial charge in [-0.1, -0.05) is 48.5 Å². The molecule has 0 spiro atoms. The number of amides is 1. The number of benzene rings is 3. The molecule has 0 atom stereocenters. The van der Waals surface area contributed by atoms with Gasteiger partial charge in [0.15, 0.2) is 6.61 Å². The number of nitrogens with zero attached hydrogens (tertiary/aromatic N) is 1. The van der Waals surface area contributed by atoms with Crippen molar-refractivity contribution in [2.75, 3.05) is 11.9 Å². The summed E-state index contributed by atoms with van der Waals surface area (Å²) in [6, 6.07) is 27.1. The molecule has 30 heavy (non-hydrogen) atoms. The lowest BCUT2D eigenvalue weighted by molar-refractivity contribution is -0.119. The largest absolute Gasteiger partial charge is 0.457 e. The van der Waals surface area contributed by atoms with Crippen molar-refractivity contribution < 1.29 is 19.1 Å². The van der Waals surface area contributed by atoms with Gasteiger partial charge in [-0.25, -0.2) is 9.78 Å². The van der Waals surface area contributed by atoms with Gasteiger partial charge in [-0.15, -0.1) is 0 Å². The molecule has 3 aromatic carbocycles. The maximum Gasteiger partial charge on any atom is 0.357 e. The van der Waals surface area contributed by atoms with Crippen molar-refractivity contribution in [3.8, 4) is 11.5 Å². The van der Waals surface area contributed by atoms with Crippen molar-refractivity contribution in [3.63, 3.8) is 0 Å². The Morgan fingerprint density at radius 3 is 2.43 bits per heavy atom. The Labute approximate surface area is 173 Å². The number of carbonyl (C=O) groups excluding carboxylic acids is 2. The zero-order chi connectivity index (χ0) is 20.8. The summed E-state index contributed by atoms with van der Waals surface area (Å²) in [7, 11) is 0. The highest BCUT2D eigenvalue weighted by Gasteiger charge is 2.12. The first-order valence-corrected chi connectivity index (χ1v) is 9.33. The summed E-state index contributed by atoms with van der Waals surface area (Å²) in [5, 5.41) is 3.61. The molecular weight excluding hydrogens is 380 g/mol. The van der Waals surface area contributed by atoms with E-state index in [1.54, 1.807) is 36.4 Å². The van der Waals surface area contributed by atoms with E-state index < -0.39 is 18.5 Å². The Hall–Kier alpha value is -4.19. The minimum atomic E-state index is -0.655. The van der Waals surface area contributed by atoms with Gasteiger partial charge in [0.25, 0.3) is 5.91 Å². The second-order valence-electron chi connectivity index (χ2n) is 6.46. The predicted molar refractivity (Wildman–Crippen MR) is 114 cm³/mol. The van der Waals surface area contributed by atoms with Gasteiger partial charge >= 0.3 is 5.97 Å². The van der Waals surface area contributed by atoms with Gasteiger partial charge in [-0.2, -0.15) is 0 Å². The van der Waals surface area contributed by atoms with Crippen LogP contribution in [0.25, 0.3) is 10.9 Å². The number of ether oxygens (including phenoxy) is 2. The number of para-hydroxylation sites is 2. The van der Waals surface area contributed by atoms with Crippen molar-refractivity contribution in [2.24, 2.45) is 0 Å². The summed E-state index contributed by atoms with van der Waals surface area (Å²) in [6.07, 6.45) is 0. The number of hydrogen-bond donors (Lipinski definition) is 1. The number of anilines is 1. The zero-order valence-electron chi connectivity index (χ0n) is 15.9. The van der Waals surface area contributed by atoms with Crippen molar-refractivity contribution in [3.05, 3.63) is 96.7 Å². The lowest BCUT2D eigenvalue weighted by atomic mass is 10.2. The molecule has 0 saturated heterocycles. The molecule has 1 heterocycles. The van der Waals surface area contributed by atoms with E-state index in [9.17, 15) is 9.59 Å². The Morgan fingerprint density at radius 1 is 0.800 bits per heavy atom. The molecule has 0 aliphatic rings. The molecule has 0 unspecified atom stereocenters. The van der Waals surface area contributed by atoms with Crippen LogP contribution in [-0.2, 0) is 9.53 Å². The number of nitrogens with one attached hydrogen (secondary N) is 1. The highest BCUT2D eigenvalue weighted by Crippen LogP contribution is 2.23. The van der Waals surface area contributed by atoms with E-state index in [2.05, 4.69) is 10.3 Å². The molecule has 0 aliphatic carbocycles. The van der Waals surface area contributed by atoms with Crippen LogP contribution >= 0.6 is 0 Å². The number of hydrogen-bond acceptors (Lipinski definition) is 5. The molecule has 0 radical (unpaired) electrons.